The zero-order chi connectivity index (χ0) is 26.2. The van der Waals surface area contributed by atoms with Crippen LogP contribution in [0, 0.1) is 5.92 Å². The Morgan fingerprint density at radius 2 is 1.47 bits per heavy atom. The molecule has 0 aliphatic carbocycles. The molecule has 0 bridgehead atoms. The van der Waals surface area contributed by atoms with E-state index in [2.05, 4.69) is 114 Å². The van der Waals surface area contributed by atoms with Gasteiger partial charge in [-0.25, -0.2) is 0 Å². The Balaban J connectivity index is 1.17. The van der Waals surface area contributed by atoms with Crippen molar-refractivity contribution < 1.29 is 0 Å². The quantitative estimate of drug-likeness (QED) is 0.307. The highest BCUT2D eigenvalue weighted by Crippen LogP contribution is 2.30. The summed E-state index contributed by atoms with van der Waals surface area (Å²) in [5.74, 6) is 1.16. The van der Waals surface area contributed by atoms with E-state index in [-0.39, 0.29) is 0 Å². The van der Waals surface area contributed by atoms with Gasteiger partial charge in [0.1, 0.15) is 0 Å². The number of benzene rings is 3. The van der Waals surface area contributed by atoms with Gasteiger partial charge < -0.3 is 10.2 Å². The first-order chi connectivity index (χ1) is 18.7. The minimum absolute atomic E-state index is 0.424. The predicted molar refractivity (Wildman–Crippen MR) is 161 cm³/mol. The monoisotopic (exact) mass is 507 g/mol. The molecule has 2 fully saturated rings. The van der Waals surface area contributed by atoms with E-state index in [0.29, 0.717) is 12.0 Å². The molecule has 200 valence electrons. The summed E-state index contributed by atoms with van der Waals surface area (Å²) in [4.78, 5) is 5.29. The molecule has 2 saturated heterocycles. The highest BCUT2D eigenvalue weighted by molar-refractivity contribution is 5.64. The van der Waals surface area contributed by atoms with Gasteiger partial charge in [-0.05, 0) is 80.9 Å². The zero-order valence-electron chi connectivity index (χ0n) is 23.2. The topological polar surface area (TPSA) is 18.5 Å². The molecule has 0 saturated carbocycles. The lowest BCUT2D eigenvalue weighted by molar-refractivity contribution is 0.179. The zero-order valence-corrected chi connectivity index (χ0v) is 23.2. The van der Waals surface area contributed by atoms with Gasteiger partial charge in [0.25, 0.3) is 0 Å². The summed E-state index contributed by atoms with van der Waals surface area (Å²) in [6.07, 6.45) is 6.29. The minimum atomic E-state index is 0.424. The maximum Gasteiger partial charge on any atom is 0.0344 e. The molecule has 2 aliphatic rings. The summed E-state index contributed by atoms with van der Waals surface area (Å²) in [5, 5.41) is 3.70. The summed E-state index contributed by atoms with van der Waals surface area (Å²) < 4.78 is 0. The summed E-state index contributed by atoms with van der Waals surface area (Å²) >= 11 is 0. The Morgan fingerprint density at radius 1 is 0.842 bits per heavy atom. The summed E-state index contributed by atoms with van der Waals surface area (Å²) in [6.45, 7) is 13.6. The molecule has 5 rings (SSSR count). The Kier molecular flexibility index (Phi) is 9.33. The molecule has 38 heavy (non-hydrogen) atoms. The van der Waals surface area contributed by atoms with E-state index >= 15 is 0 Å². The van der Waals surface area contributed by atoms with Crippen molar-refractivity contribution in [3.63, 3.8) is 0 Å². The van der Waals surface area contributed by atoms with Crippen molar-refractivity contribution in [1.82, 2.24) is 15.1 Å². The van der Waals surface area contributed by atoms with Crippen molar-refractivity contribution in [3.8, 4) is 0 Å². The fourth-order valence-electron chi connectivity index (χ4n) is 6.59. The van der Waals surface area contributed by atoms with Gasteiger partial charge in [0, 0.05) is 36.3 Å². The third-order valence-corrected chi connectivity index (χ3v) is 8.86. The number of piperidine rings is 1. The molecule has 0 aromatic heterocycles. The molecule has 0 radical (unpaired) electrons. The van der Waals surface area contributed by atoms with Gasteiger partial charge in [-0.1, -0.05) is 98.4 Å². The fraction of sp³-hybridized carbons (Fsp3) is 0.429. The lowest BCUT2D eigenvalue weighted by atomic mass is 9.86. The second-order valence-electron chi connectivity index (χ2n) is 11.3. The van der Waals surface area contributed by atoms with E-state index in [1.54, 1.807) is 0 Å². The molecule has 0 spiro atoms. The SMILES string of the molecule is C=C(NCC1CCCN1CC)c1ccccc1CC1CCN(CC(c2ccccc2)c2ccccc2)CC1. The molecule has 1 atom stereocenters. The van der Waals surface area contributed by atoms with Crippen LogP contribution in [0.25, 0.3) is 5.70 Å². The van der Waals surface area contributed by atoms with Gasteiger partial charge >= 0.3 is 0 Å². The number of nitrogens with one attached hydrogen (secondary N) is 1. The first-order valence-electron chi connectivity index (χ1n) is 14.8. The van der Waals surface area contributed by atoms with Crippen molar-refractivity contribution in [2.24, 2.45) is 5.92 Å². The van der Waals surface area contributed by atoms with E-state index in [0.717, 1.165) is 37.7 Å². The summed E-state index contributed by atoms with van der Waals surface area (Å²) in [5.41, 5.74) is 6.69. The highest BCUT2D eigenvalue weighted by atomic mass is 15.2. The Hall–Kier alpha value is -2.88. The molecule has 1 unspecified atom stereocenters. The van der Waals surface area contributed by atoms with E-state index in [1.807, 2.05) is 0 Å². The van der Waals surface area contributed by atoms with Crippen LogP contribution in [0.1, 0.15) is 60.8 Å². The smallest absolute Gasteiger partial charge is 0.0344 e. The number of likely N-dealkylation sites (tertiary alicyclic amines) is 2. The Bertz CT molecular complexity index is 1090. The number of hydrogen-bond acceptors (Lipinski definition) is 3. The van der Waals surface area contributed by atoms with Crippen molar-refractivity contribution in [1.29, 1.82) is 0 Å². The third-order valence-electron chi connectivity index (χ3n) is 8.86. The Morgan fingerprint density at radius 3 is 2.13 bits per heavy atom. The maximum absolute atomic E-state index is 4.45. The standard InChI is InChI=1S/C35H45N3/c1-3-38-22-12-18-33(38)26-36-28(2)34-19-11-10-17-32(34)25-29-20-23-37(24-21-29)27-35(30-13-6-4-7-14-30)31-15-8-5-9-16-31/h4-11,13-17,19,29,33,35-36H,2-3,12,18,20-27H2,1H3. The van der Waals surface area contributed by atoms with Crippen LogP contribution in [-0.2, 0) is 6.42 Å². The summed E-state index contributed by atoms with van der Waals surface area (Å²) in [7, 11) is 0. The molecule has 2 aliphatic heterocycles. The van der Waals surface area contributed by atoms with E-state index in [1.165, 1.54) is 67.6 Å². The lowest BCUT2D eigenvalue weighted by Gasteiger charge is -2.35. The molecule has 1 N–H and O–H groups in total. The first kappa shape index (κ1) is 26.7. The number of rotatable bonds is 11. The maximum atomic E-state index is 4.45. The van der Waals surface area contributed by atoms with Crippen LogP contribution in [0.3, 0.4) is 0 Å². The van der Waals surface area contributed by atoms with Crippen molar-refractivity contribution in [2.45, 2.75) is 51.0 Å². The van der Waals surface area contributed by atoms with Crippen LogP contribution in [0.4, 0.5) is 0 Å². The second-order valence-corrected chi connectivity index (χ2v) is 11.3. The molecular formula is C35H45N3. The molecule has 3 heteroatoms. The minimum Gasteiger partial charge on any atom is -0.383 e. The molecule has 2 heterocycles. The van der Waals surface area contributed by atoms with Gasteiger partial charge in [-0.15, -0.1) is 0 Å². The number of likely N-dealkylation sites (N-methyl/N-ethyl adjacent to an activating group) is 1. The van der Waals surface area contributed by atoms with Crippen molar-refractivity contribution in [3.05, 3.63) is 114 Å². The fourth-order valence-corrected chi connectivity index (χ4v) is 6.59. The van der Waals surface area contributed by atoms with Crippen LogP contribution >= 0.6 is 0 Å². The van der Waals surface area contributed by atoms with E-state index in [4.69, 9.17) is 0 Å². The molecule has 0 amide bonds. The van der Waals surface area contributed by atoms with Crippen LogP contribution in [0.5, 0.6) is 0 Å². The Labute approximate surface area is 230 Å². The van der Waals surface area contributed by atoms with Crippen LogP contribution < -0.4 is 5.32 Å². The highest BCUT2D eigenvalue weighted by Gasteiger charge is 2.25. The van der Waals surface area contributed by atoms with E-state index < -0.39 is 0 Å². The largest absolute Gasteiger partial charge is 0.383 e. The average molecular weight is 508 g/mol. The second kappa shape index (κ2) is 13.3. The first-order valence-corrected chi connectivity index (χ1v) is 14.8. The summed E-state index contributed by atoms with van der Waals surface area (Å²) in [6, 6.07) is 31.7. The third kappa shape index (κ3) is 6.76. The van der Waals surface area contributed by atoms with Crippen LogP contribution in [-0.4, -0.2) is 55.1 Å². The molecular weight excluding hydrogens is 462 g/mol. The number of hydrogen-bond donors (Lipinski definition) is 1. The van der Waals surface area contributed by atoms with Gasteiger partial charge in [-0.3, -0.25) is 4.90 Å². The van der Waals surface area contributed by atoms with Crippen molar-refractivity contribution >= 4 is 5.70 Å². The average Bonchev–Trinajstić information content (AvgIpc) is 3.44. The van der Waals surface area contributed by atoms with Gasteiger partial charge in [0.05, 0.1) is 0 Å². The van der Waals surface area contributed by atoms with Crippen LogP contribution in [0.2, 0.25) is 0 Å². The number of nitrogens with zero attached hydrogens (tertiary/aromatic N) is 2. The van der Waals surface area contributed by atoms with E-state index in [9.17, 15) is 0 Å². The van der Waals surface area contributed by atoms with Gasteiger partial charge in [-0.2, -0.15) is 0 Å². The molecule has 3 aromatic rings. The molecule has 3 nitrogen and oxygen atoms in total. The van der Waals surface area contributed by atoms with Crippen molar-refractivity contribution in [2.75, 3.05) is 39.3 Å². The lowest BCUT2D eigenvalue weighted by Crippen LogP contribution is -2.37. The molecule has 3 aromatic carbocycles. The van der Waals surface area contributed by atoms with Gasteiger partial charge in [0.15, 0.2) is 0 Å². The van der Waals surface area contributed by atoms with Crippen LogP contribution in [0.15, 0.2) is 91.5 Å². The van der Waals surface area contributed by atoms with Gasteiger partial charge in [0.2, 0.25) is 0 Å². The normalized spacial score (nSPS) is 19.2. The predicted octanol–water partition coefficient (Wildman–Crippen LogP) is 6.82.